The van der Waals surface area contributed by atoms with Crippen LogP contribution in [0.1, 0.15) is 30.0 Å². The van der Waals surface area contributed by atoms with Crippen molar-refractivity contribution in [1.29, 1.82) is 0 Å². The molecule has 22 heavy (non-hydrogen) atoms. The van der Waals surface area contributed by atoms with E-state index in [9.17, 15) is 17.6 Å². The van der Waals surface area contributed by atoms with E-state index in [-0.39, 0.29) is 17.5 Å². The van der Waals surface area contributed by atoms with Crippen LogP contribution >= 0.6 is 11.6 Å². The van der Waals surface area contributed by atoms with E-state index in [0.29, 0.717) is 19.2 Å². The maximum Gasteiger partial charge on any atom is 0.416 e. The number of benzene rings is 1. The number of piperazine rings is 1. The minimum Gasteiger partial charge on any atom is -0.314 e. The SMILES string of the molecule is Fc1c(Cl)cc(C(F)(F)F)cc1[C@@H](C1CC1)N1CCNCC1. The van der Waals surface area contributed by atoms with Crippen molar-refractivity contribution in [3.8, 4) is 0 Å². The van der Waals surface area contributed by atoms with Gasteiger partial charge in [0.25, 0.3) is 0 Å². The molecule has 2 nitrogen and oxygen atoms in total. The van der Waals surface area contributed by atoms with Gasteiger partial charge in [-0.05, 0) is 30.9 Å². The van der Waals surface area contributed by atoms with Gasteiger partial charge in [-0.1, -0.05) is 11.6 Å². The van der Waals surface area contributed by atoms with E-state index in [1.54, 1.807) is 0 Å². The Morgan fingerprint density at radius 3 is 2.36 bits per heavy atom. The van der Waals surface area contributed by atoms with Crippen molar-refractivity contribution in [3.63, 3.8) is 0 Å². The highest BCUT2D eigenvalue weighted by Crippen LogP contribution is 2.47. The summed E-state index contributed by atoms with van der Waals surface area (Å²) < 4.78 is 53.4. The van der Waals surface area contributed by atoms with Crippen LogP contribution in [0.25, 0.3) is 0 Å². The Balaban J connectivity index is 2.01. The fraction of sp³-hybridized carbons (Fsp3) is 0.600. The molecule has 1 aromatic carbocycles. The molecule has 1 saturated carbocycles. The zero-order valence-corrected chi connectivity index (χ0v) is 12.6. The molecule has 0 spiro atoms. The molecule has 1 aliphatic heterocycles. The molecule has 1 aliphatic carbocycles. The highest BCUT2D eigenvalue weighted by molar-refractivity contribution is 6.30. The molecule has 7 heteroatoms. The van der Waals surface area contributed by atoms with E-state index in [4.69, 9.17) is 11.6 Å². The first-order chi connectivity index (χ1) is 10.4. The summed E-state index contributed by atoms with van der Waals surface area (Å²) in [4.78, 5) is 2.07. The maximum atomic E-state index is 14.4. The normalized spacial score (nSPS) is 21.9. The average molecular weight is 337 g/mol. The lowest BCUT2D eigenvalue weighted by Gasteiger charge is -2.36. The number of nitrogens with zero attached hydrogens (tertiary/aromatic N) is 1. The van der Waals surface area contributed by atoms with Crippen LogP contribution in [0.3, 0.4) is 0 Å². The lowest BCUT2D eigenvalue weighted by molar-refractivity contribution is -0.137. The Hall–Kier alpha value is -0.850. The van der Waals surface area contributed by atoms with Crippen LogP contribution in [0.15, 0.2) is 12.1 Å². The van der Waals surface area contributed by atoms with Crippen molar-refractivity contribution in [2.45, 2.75) is 25.1 Å². The van der Waals surface area contributed by atoms with Crippen LogP contribution in [-0.2, 0) is 6.18 Å². The fourth-order valence-corrected chi connectivity index (χ4v) is 3.34. The third kappa shape index (κ3) is 3.24. The first-order valence-corrected chi connectivity index (χ1v) is 7.76. The zero-order chi connectivity index (χ0) is 15.9. The van der Waals surface area contributed by atoms with Gasteiger partial charge in [-0.3, -0.25) is 4.90 Å². The van der Waals surface area contributed by atoms with E-state index < -0.39 is 22.6 Å². The van der Waals surface area contributed by atoms with Crippen molar-refractivity contribution in [3.05, 3.63) is 34.1 Å². The van der Waals surface area contributed by atoms with Gasteiger partial charge in [0.2, 0.25) is 0 Å². The van der Waals surface area contributed by atoms with Crippen LogP contribution < -0.4 is 5.32 Å². The van der Waals surface area contributed by atoms with Gasteiger partial charge in [0.15, 0.2) is 0 Å². The first kappa shape index (κ1) is 16.0. The minimum absolute atomic E-state index is 0.0872. The van der Waals surface area contributed by atoms with Crippen LogP contribution in [0, 0.1) is 11.7 Å². The second-order valence-corrected chi connectivity index (χ2v) is 6.33. The van der Waals surface area contributed by atoms with Gasteiger partial charge in [0, 0.05) is 37.8 Å². The van der Waals surface area contributed by atoms with Gasteiger partial charge in [0.1, 0.15) is 5.82 Å². The molecule has 0 bridgehead atoms. The second-order valence-electron chi connectivity index (χ2n) is 5.93. The van der Waals surface area contributed by atoms with E-state index in [1.165, 1.54) is 0 Å². The number of halogens is 5. The predicted molar refractivity (Wildman–Crippen MR) is 76.3 cm³/mol. The van der Waals surface area contributed by atoms with Crippen molar-refractivity contribution >= 4 is 11.6 Å². The number of nitrogens with one attached hydrogen (secondary N) is 1. The van der Waals surface area contributed by atoms with E-state index in [0.717, 1.165) is 32.0 Å². The molecule has 2 aliphatic rings. The smallest absolute Gasteiger partial charge is 0.314 e. The van der Waals surface area contributed by atoms with Crippen molar-refractivity contribution in [2.75, 3.05) is 26.2 Å². The Kier molecular flexibility index (Phi) is 4.36. The van der Waals surface area contributed by atoms with Gasteiger partial charge in [-0.25, -0.2) is 4.39 Å². The Morgan fingerprint density at radius 1 is 1.18 bits per heavy atom. The monoisotopic (exact) mass is 336 g/mol. The van der Waals surface area contributed by atoms with E-state index >= 15 is 0 Å². The van der Waals surface area contributed by atoms with E-state index in [2.05, 4.69) is 10.2 Å². The van der Waals surface area contributed by atoms with Crippen LogP contribution in [-0.4, -0.2) is 31.1 Å². The molecule has 1 saturated heterocycles. The Labute approximate surface area is 131 Å². The lowest BCUT2D eigenvalue weighted by Crippen LogP contribution is -2.46. The van der Waals surface area contributed by atoms with Gasteiger partial charge >= 0.3 is 6.18 Å². The molecule has 0 amide bonds. The molecule has 122 valence electrons. The topological polar surface area (TPSA) is 15.3 Å². The van der Waals surface area contributed by atoms with Crippen LogP contribution in [0.4, 0.5) is 17.6 Å². The summed E-state index contributed by atoms with van der Waals surface area (Å²) in [7, 11) is 0. The number of rotatable bonds is 3. The summed E-state index contributed by atoms with van der Waals surface area (Å²) in [6.07, 6.45) is -2.69. The van der Waals surface area contributed by atoms with Gasteiger partial charge in [-0.15, -0.1) is 0 Å². The molecule has 1 N–H and O–H groups in total. The molecular weight excluding hydrogens is 320 g/mol. The molecule has 0 aromatic heterocycles. The first-order valence-electron chi connectivity index (χ1n) is 7.39. The highest BCUT2D eigenvalue weighted by Gasteiger charge is 2.40. The fourth-order valence-electron chi connectivity index (χ4n) is 3.11. The lowest BCUT2D eigenvalue weighted by atomic mass is 9.97. The van der Waals surface area contributed by atoms with Crippen LogP contribution in [0.5, 0.6) is 0 Å². The highest BCUT2D eigenvalue weighted by atomic mass is 35.5. The van der Waals surface area contributed by atoms with Crippen molar-refractivity contribution < 1.29 is 17.6 Å². The van der Waals surface area contributed by atoms with Crippen LogP contribution in [0.2, 0.25) is 5.02 Å². The summed E-state index contributed by atoms with van der Waals surface area (Å²) in [5, 5.41) is 2.75. The third-order valence-electron chi connectivity index (χ3n) is 4.32. The standard InChI is InChI=1S/C15H17ClF4N2/c16-12-8-10(15(18,19)20)7-11(13(12)17)14(9-1-2-9)22-5-3-21-4-6-22/h7-9,14,21H,1-6H2/t14-/m1/s1. The summed E-state index contributed by atoms with van der Waals surface area (Å²) in [5.41, 5.74) is -0.793. The molecule has 1 atom stereocenters. The van der Waals surface area contributed by atoms with Crippen molar-refractivity contribution in [1.82, 2.24) is 10.2 Å². The minimum atomic E-state index is -4.52. The molecule has 3 rings (SSSR count). The summed E-state index contributed by atoms with van der Waals surface area (Å²) in [5.74, 6) is -0.503. The van der Waals surface area contributed by atoms with E-state index in [1.807, 2.05) is 0 Å². The molecule has 2 fully saturated rings. The van der Waals surface area contributed by atoms with Gasteiger partial charge in [0.05, 0.1) is 10.6 Å². The summed E-state index contributed by atoms with van der Waals surface area (Å²) >= 11 is 5.73. The van der Waals surface area contributed by atoms with Gasteiger partial charge in [-0.2, -0.15) is 13.2 Å². The largest absolute Gasteiger partial charge is 0.416 e. The second kappa shape index (κ2) is 5.98. The third-order valence-corrected chi connectivity index (χ3v) is 4.59. The van der Waals surface area contributed by atoms with Crippen molar-refractivity contribution in [2.24, 2.45) is 5.92 Å². The summed E-state index contributed by atoms with van der Waals surface area (Å²) in [6.45, 7) is 2.93. The molecule has 1 heterocycles. The molecule has 0 radical (unpaired) electrons. The zero-order valence-electron chi connectivity index (χ0n) is 11.9. The predicted octanol–water partition coefficient (Wildman–Crippen LogP) is 3.85. The molecular formula is C15H17ClF4N2. The van der Waals surface area contributed by atoms with Gasteiger partial charge < -0.3 is 5.32 Å². The Morgan fingerprint density at radius 2 is 1.82 bits per heavy atom. The number of hydrogen-bond acceptors (Lipinski definition) is 2. The Bertz CT molecular complexity index is 551. The quantitative estimate of drug-likeness (QED) is 0.843. The summed E-state index contributed by atoms with van der Waals surface area (Å²) in [6, 6.07) is 1.29. The number of alkyl halides is 3. The number of hydrogen-bond donors (Lipinski definition) is 1. The molecule has 1 aromatic rings. The average Bonchev–Trinajstić information content (AvgIpc) is 3.28. The maximum absolute atomic E-state index is 14.4. The molecule has 0 unspecified atom stereocenters.